The second-order valence-corrected chi connectivity index (χ2v) is 22.3. The van der Waals surface area contributed by atoms with Gasteiger partial charge in [0, 0.05) is 75.8 Å². The van der Waals surface area contributed by atoms with Gasteiger partial charge in [-0.2, -0.15) is 0 Å². The molecule has 0 radical (unpaired) electrons. The minimum Gasteiger partial charge on any atom is -0.460 e. The predicted octanol–water partition coefficient (Wildman–Crippen LogP) is 7.74. The van der Waals surface area contributed by atoms with Crippen molar-refractivity contribution in [3.8, 4) is 0 Å². The molecule has 16 heteroatoms. The summed E-state index contributed by atoms with van der Waals surface area (Å²) in [7, 11) is -4.06. The Morgan fingerprint density at radius 2 is 1.65 bits per heavy atom. The molecule has 0 aromatic heterocycles. The summed E-state index contributed by atoms with van der Waals surface area (Å²) in [5, 5.41) is 23.6. The molecule has 3 heterocycles. The topological polar surface area (TPSA) is 201 Å². The summed E-state index contributed by atoms with van der Waals surface area (Å²) >= 11 is 0. The van der Waals surface area contributed by atoms with Crippen molar-refractivity contribution in [2.75, 3.05) is 41.1 Å². The second-order valence-electron chi connectivity index (χ2n) is 20.4. The molecule has 1 unspecified atom stereocenters. The number of carbonyl (C=O) groups is 5. The minimum absolute atomic E-state index is 0.0269. The summed E-state index contributed by atoms with van der Waals surface area (Å²) in [6, 6.07) is -1.28. The molecule has 4 aliphatic rings. The fourth-order valence-corrected chi connectivity index (χ4v) is 11.1. The summed E-state index contributed by atoms with van der Waals surface area (Å²) < 4.78 is 94.8. The maximum atomic E-state index is 14.6. The lowest BCUT2D eigenvalue weighted by Gasteiger charge is -2.42. The number of carbonyl (C=O) groups excluding carboxylic acids is 5. The predicted molar refractivity (Wildman–Crippen MR) is 263 cm³/mol. The highest BCUT2D eigenvalue weighted by Crippen LogP contribution is 2.45. The highest BCUT2D eigenvalue weighted by molar-refractivity contribution is 7.57. The lowest BCUT2D eigenvalue weighted by molar-refractivity contribution is -0.265. The number of aliphatic hydroxyl groups excluding tert-OH is 1. The van der Waals surface area contributed by atoms with E-state index in [-0.39, 0.29) is 55.6 Å². The van der Waals surface area contributed by atoms with Gasteiger partial charge in [0.25, 0.3) is 11.7 Å². The van der Waals surface area contributed by atoms with E-state index in [1.54, 1.807) is 65.0 Å². The van der Waals surface area contributed by atoms with E-state index in [1.807, 2.05) is 19.9 Å². The van der Waals surface area contributed by atoms with Gasteiger partial charge in [-0.1, -0.05) is 71.1 Å². The number of piperidine rings is 1. The van der Waals surface area contributed by atoms with Gasteiger partial charge >= 0.3 is 5.97 Å². The Balaban J connectivity index is 1.73. The van der Waals surface area contributed by atoms with E-state index in [4.69, 9.17) is 36.4 Å². The van der Waals surface area contributed by atoms with E-state index >= 15 is 0 Å². The molecule has 3 fully saturated rings. The summed E-state index contributed by atoms with van der Waals surface area (Å²) in [4.78, 5) is 72.5. The Kier molecular flexibility index (Phi) is 19.0. The number of cyclic esters (lactones) is 1. The molecule has 1 saturated carbocycles. The number of methoxy groups -OCH3 is 3. The van der Waals surface area contributed by atoms with Crippen LogP contribution in [0.1, 0.15) is 134 Å². The monoisotopic (exact) mass is 996 g/mol. The van der Waals surface area contributed by atoms with Crippen LogP contribution in [0.15, 0.2) is 47.6 Å². The van der Waals surface area contributed by atoms with Crippen LogP contribution >= 0.6 is 7.37 Å². The summed E-state index contributed by atoms with van der Waals surface area (Å²) in [5.41, 5.74) is 0.817. The van der Waals surface area contributed by atoms with Crippen molar-refractivity contribution in [3.05, 3.63) is 47.6 Å². The zero-order valence-electron chi connectivity index (χ0n) is 48.4. The van der Waals surface area contributed by atoms with E-state index in [9.17, 15) is 38.8 Å². The number of rotatable bonds is 8. The Hall–Kier alpha value is -3.14. The van der Waals surface area contributed by atoms with Gasteiger partial charge in [-0.3, -0.25) is 23.7 Å². The van der Waals surface area contributed by atoms with Gasteiger partial charge in [0.15, 0.2) is 13.2 Å². The molecular weight excluding hydrogens is 906 g/mol. The fourth-order valence-electron chi connectivity index (χ4n) is 10.3. The second kappa shape index (κ2) is 26.5. The van der Waals surface area contributed by atoms with Crippen LogP contribution in [0.5, 0.6) is 0 Å². The number of ketones is 3. The number of Topliss-reactive ketones (excluding diaryl/α,β-unsaturated/α-hetero) is 3. The molecule has 390 valence electrons. The first-order valence-electron chi connectivity index (χ1n) is 27.7. The number of hydrogen-bond acceptors (Lipinski definition) is 14. The van der Waals surface area contributed by atoms with Crippen LogP contribution in [0.3, 0.4) is 0 Å². The van der Waals surface area contributed by atoms with Gasteiger partial charge in [0.2, 0.25) is 5.79 Å². The lowest BCUT2D eigenvalue weighted by atomic mass is 9.78. The maximum absolute atomic E-state index is 14.6. The zero-order chi connectivity index (χ0) is 56.4. The van der Waals surface area contributed by atoms with Gasteiger partial charge < -0.3 is 43.3 Å². The molecule has 0 spiro atoms. The third kappa shape index (κ3) is 16.2. The highest BCUT2D eigenvalue weighted by Gasteiger charge is 2.53. The lowest BCUT2D eigenvalue weighted by Crippen LogP contribution is -2.61. The number of esters is 1. The van der Waals surface area contributed by atoms with E-state index in [0.717, 1.165) is 11.6 Å². The normalized spacial score (nSPS) is 41.4. The van der Waals surface area contributed by atoms with Crippen molar-refractivity contribution < 1.29 is 75.2 Å². The van der Waals surface area contributed by atoms with Crippen molar-refractivity contribution in [3.63, 3.8) is 0 Å². The minimum atomic E-state index is -4.02. The van der Waals surface area contributed by atoms with E-state index in [1.165, 1.54) is 14.2 Å². The number of hydrogen-bond donors (Lipinski definition) is 2. The molecule has 16 atom stereocenters. The zero-order valence-corrected chi connectivity index (χ0v) is 43.3. The Labute approximate surface area is 420 Å². The van der Waals surface area contributed by atoms with Gasteiger partial charge in [-0.05, 0) is 107 Å². The SMILES string of the molecule is [2H]C([2H])([2H])O[C@H]1C[C@@H]2CC[C@@H](C)[C@@](O)(O2)C(=O)C(=O)N2CCCC[C@H]2C(=O)O[C@H]([C@H](C)C[C@@H]2CC[C@@H](OP(C)(=O)C([2H])([2H])[2H])[C@H](OC)C2)CC(=O)[C@H](C)/C=C(\C)[C@@H](O)[C@@H](OC)C(=O)[C@H](C)C[C@H](C)/C=C/C=C/C=C/1C. The first-order chi connectivity index (χ1) is 34.8. The van der Waals surface area contributed by atoms with E-state index in [2.05, 4.69) is 0 Å². The van der Waals surface area contributed by atoms with Crippen molar-refractivity contribution >= 4 is 36.6 Å². The molecule has 2 saturated heterocycles. The smallest absolute Gasteiger partial charge is 0.329 e. The maximum Gasteiger partial charge on any atom is 0.329 e. The summed E-state index contributed by atoms with van der Waals surface area (Å²) in [6.45, 7) is 10.2. The van der Waals surface area contributed by atoms with E-state index < -0.39 is 117 Å². The van der Waals surface area contributed by atoms with Crippen molar-refractivity contribution in [1.29, 1.82) is 0 Å². The Morgan fingerprint density at radius 1 is 0.913 bits per heavy atom. The van der Waals surface area contributed by atoms with Crippen LogP contribution in [0.2, 0.25) is 0 Å². The van der Waals surface area contributed by atoms with Crippen LogP contribution in [0, 0.1) is 35.5 Å². The third-order valence-electron chi connectivity index (χ3n) is 14.6. The molecule has 69 heavy (non-hydrogen) atoms. The first kappa shape index (κ1) is 49.4. The van der Waals surface area contributed by atoms with Crippen molar-refractivity contribution in [2.24, 2.45) is 35.5 Å². The van der Waals surface area contributed by atoms with Crippen LogP contribution in [-0.4, -0.2) is 140 Å². The fraction of sp³-hybridized carbons (Fsp3) is 0.755. The Bertz CT molecular complexity index is 2160. The molecule has 3 aliphatic heterocycles. The van der Waals surface area contributed by atoms with Crippen LogP contribution in [0.4, 0.5) is 0 Å². The summed E-state index contributed by atoms with van der Waals surface area (Å²) in [5.74, 6) is -9.59. The molecule has 0 aromatic carbocycles. The highest BCUT2D eigenvalue weighted by atomic mass is 31.2. The standard InChI is InChI=1S/C53H84NO14P/c1-32-18-14-13-15-19-33(2)44(63-8)30-40-23-21-38(7)53(61,67-40)50(58)51(59)54-25-17-16-20-41(54)52(60)66-45(35(4)28-39-22-24-43(46(29-39)64-9)68-69(11,12)62)31-42(55)34(3)27-37(6)48(57)49(65-10)47(56)36(5)26-32/h13-15,18-19,27,32,34-36,38-41,43-46,48-49,57,61H,16-17,20-26,28-31H2,1-12H3/b15-13+,18-14+,33-19+,37-27+/t32-,34-,35-,36-,38-,39+,40+,41+,43-,44+,45+,46-,48-,49+,53-/m1/s1/i8D3,11D3/t32-,34-,35-,36-,38-,39+,40+,41+,43-,44+,45+,46-,48-,49+,53-,69?. The summed E-state index contributed by atoms with van der Waals surface area (Å²) in [6.07, 6.45) is 6.49. The molecular formula is C53H84NO14P. The first-order valence-corrected chi connectivity index (χ1v) is 26.8. The number of allylic oxidation sites excluding steroid dienone is 6. The molecule has 2 bridgehead atoms. The number of amides is 1. The quantitative estimate of drug-likeness (QED) is 0.103. The van der Waals surface area contributed by atoms with E-state index in [0.29, 0.717) is 62.5 Å². The molecule has 15 nitrogen and oxygen atoms in total. The van der Waals surface area contributed by atoms with Crippen LogP contribution in [0.25, 0.3) is 0 Å². The average molecular weight is 996 g/mol. The average Bonchev–Trinajstić information content (AvgIpc) is 3.33. The van der Waals surface area contributed by atoms with Crippen LogP contribution in [-0.2, 0) is 56.7 Å². The van der Waals surface area contributed by atoms with Gasteiger partial charge in [0.1, 0.15) is 30.1 Å². The number of aliphatic hydroxyl groups is 2. The number of fused-ring (bicyclic) bond motifs is 3. The van der Waals surface area contributed by atoms with Crippen LogP contribution < -0.4 is 0 Å². The molecule has 1 aliphatic carbocycles. The van der Waals surface area contributed by atoms with Gasteiger partial charge in [0.05, 0.1) is 28.5 Å². The van der Waals surface area contributed by atoms with Gasteiger partial charge in [-0.25, -0.2) is 4.79 Å². The number of ether oxygens (including phenoxy) is 5. The van der Waals surface area contributed by atoms with Gasteiger partial charge in [-0.15, -0.1) is 0 Å². The molecule has 4 rings (SSSR count). The molecule has 1 amide bonds. The van der Waals surface area contributed by atoms with Crippen molar-refractivity contribution in [2.45, 2.75) is 180 Å². The molecule has 0 aromatic rings. The van der Waals surface area contributed by atoms with Crippen molar-refractivity contribution in [1.82, 2.24) is 4.90 Å². The number of nitrogens with zero attached hydrogens (tertiary/aromatic N) is 1. The third-order valence-corrected chi connectivity index (χ3v) is 15.3. The Morgan fingerprint density at radius 3 is 2.33 bits per heavy atom. The molecule has 2 N–H and O–H groups in total. The largest absolute Gasteiger partial charge is 0.460 e.